The van der Waals surface area contributed by atoms with Gasteiger partial charge in [-0.05, 0) is 41.4 Å². The van der Waals surface area contributed by atoms with E-state index in [0.717, 1.165) is 27.4 Å². The Labute approximate surface area is 170 Å². The highest BCUT2D eigenvalue weighted by Crippen LogP contribution is 2.49. The van der Waals surface area contributed by atoms with Crippen LogP contribution < -0.4 is 19.5 Å². The molecule has 3 aromatic rings. The first-order valence-electron chi connectivity index (χ1n) is 8.67. The van der Waals surface area contributed by atoms with Gasteiger partial charge in [0.1, 0.15) is 5.69 Å². The summed E-state index contributed by atoms with van der Waals surface area (Å²) in [6.45, 7) is 0.160. The molecule has 0 bridgehead atoms. The molecule has 1 aromatic heterocycles. The van der Waals surface area contributed by atoms with Gasteiger partial charge in [-0.1, -0.05) is 23.7 Å². The monoisotopic (exact) mass is 414 g/mol. The topological polar surface area (TPSA) is 69.7 Å². The van der Waals surface area contributed by atoms with E-state index in [1.165, 1.54) is 11.5 Å². The van der Waals surface area contributed by atoms with E-state index in [-0.39, 0.29) is 18.6 Å². The molecule has 2 aliphatic heterocycles. The molecule has 0 radical (unpaired) electrons. The predicted octanol–water partition coefficient (Wildman–Crippen LogP) is 4.67. The molecule has 1 N–H and O–H groups in total. The lowest BCUT2D eigenvalue weighted by Crippen LogP contribution is -2.22. The van der Waals surface area contributed by atoms with E-state index in [1.807, 2.05) is 36.4 Å². The van der Waals surface area contributed by atoms with Crippen molar-refractivity contribution in [3.05, 3.63) is 51.9 Å². The van der Waals surface area contributed by atoms with Crippen LogP contribution in [0.5, 0.6) is 17.2 Å². The van der Waals surface area contributed by atoms with Crippen LogP contribution in [0.1, 0.15) is 22.8 Å². The lowest BCUT2D eigenvalue weighted by atomic mass is 9.89. The van der Waals surface area contributed by atoms with Crippen LogP contribution in [-0.4, -0.2) is 24.2 Å². The van der Waals surface area contributed by atoms with Crippen LogP contribution in [0, 0.1) is 0 Å². The number of benzene rings is 2. The molecule has 1 atom stereocenters. The van der Waals surface area contributed by atoms with E-state index >= 15 is 0 Å². The number of hydrogen-bond acceptors (Lipinski definition) is 6. The summed E-state index contributed by atoms with van der Waals surface area (Å²) in [5.74, 6) is 1.64. The van der Waals surface area contributed by atoms with Crippen LogP contribution in [0.15, 0.2) is 36.4 Å². The zero-order valence-electron chi connectivity index (χ0n) is 14.8. The average molecular weight is 415 g/mol. The molecule has 0 saturated carbocycles. The SMILES string of the molecule is COc1cc([C@@H]2CC(=O)Nc3c(-c4ccc(Cl)cc4)nsc32)cc2c1OCO2. The first-order chi connectivity index (χ1) is 13.6. The van der Waals surface area contributed by atoms with Crippen molar-refractivity contribution < 1.29 is 19.0 Å². The van der Waals surface area contributed by atoms with Gasteiger partial charge in [0.2, 0.25) is 18.4 Å². The minimum Gasteiger partial charge on any atom is -0.493 e. The maximum absolute atomic E-state index is 12.5. The Hall–Kier alpha value is -2.77. The Morgan fingerprint density at radius 3 is 2.86 bits per heavy atom. The largest absolute Gasteiger partial charge is 0.493 e. The highest BCUT2D eigenvalue weighted by molar-refractivity contribution is 7.07. The summed E-state index contributed by atoms with van der Waals surface area (Å²) >= 11 is 7.39. The fraction of sp³-hybridized carbons (Fsp3) is 0.200. The summed E-state index contributed by atoms with van der Waals surface area (Å²) in [6, 6.07) is 11.2. The number of fused-ring (bicyclic) bond motifs is 2. The van der Waals surface area contributed by atoms with Crippen LogP contribution in [-0.2, 0) is 4.79 Å². The number of ether oxygens (including phenoxy) is 3. The predicted molar refractivity (Wildman–Crippen MR) is 107 cm³/mol. The average Bonchev–Trinajstić information content (AvgIpc) is 3.34. The number of nitrogens with zero attached hydrogens (tertiary/aromatic N) is 1. The van der Waals surface area contributed by atoms with Crippen LogP contribution in [0.2, 0.25) is 5.02 Å². The van der Waals surface area contributed by atoms with Gasteiger partial charge >= 0.3 is 0 Å². The molecule has 0 fully saturated rings. The molecule has 6 nitrogen and oxygen atoms in total. The number of rotatable bonds is 3. The standard InChI is InChI=1S/C20H15ClN2O4S/c1-25-14-6-11(7-15-19(14)27-9-26-15)13-8-16(24)22-18-17(23-28-20(13)18)10-2-4-12(21)5-3-10/h2-7,13H,8-9H2,1H3,(H,22,24)/t13-/m0/s1. The molecule has 1 amide bonds. The molecular formula is C20H15ClN2O4S. The molecule has 28 heavy (non-hydrogen) atoms. The molecule has 2 aromatic carbocycles. The molecule has 2 aliphatic rings. The summed E-state index contributed by atoms with van der Waals surface area (Å²) in [5, 5.41) is 3.65. The third kappa shape index (κ3) is 2.78. The summed E-state index contributed by atoms with van der Waals surface area (Å²) in [5.41, 5.74) is 3.35. The fourth-order valence-corrected chi connectivity index (χ4v) is 4.65. The third-order valence-electron chi connectivity index (χ3n) is 4.89. The number of anilines is 1. The highest BCUT2D eigenvalue weighted by Gasteiger charge is 2.33. The molecular weight excluding hydrogens is 400 g/mol. The Kier molecular flexibility index (Phi) is 4.14. The Morgan fingerprint density at radius 2 is 2.07 bits per heavy atom. The zero-order valence-corrected chi connectivity index (χ0v) is 16.4. The van der Waals surface area contributed by atoms with Crippen molar-refractivity contribution in [3.8, 4) is 28.5 Å². The van der Waals surface area contributed by atoms with Crippen molar-refractivity contribution in [2.24, 2.45) is 0 Å². The van der Waals surface area contributed by atoms with Crippen molar-refractivity contribution in [3.63, 3.8) is 0 Å². The van der Waals surface area contributed by atoms with Crippen LogP contribution in [0.3, 0.4) is 0 Å². The molecule has 0 spiro atoms. The number of amides is 1. The van der Waals surface area contributed by atoms with E-state index in [4.69, 9.17) is 25.8 Å². The van der Waals surface area contributed by atoms with E-state index in [0.29, 0.717) is 28.7 Å². The number of aromatic nitrogens is 1. The van der Waals surface area contributed by atoms with Gasteiger partial charge in [-0.2, -0.15) is 4.37 Å². The Bertz CT molecular complexity index is 1080. The normalized spacial score (nSPS) is 17.2. The maximum Gasteiger partial charge on any atom is 0.231 e. The lowest BCUT2D eigenvalue weighted by Gasteiger charge is -2.23. The molecule has 5 rings (SSSR count). The molecule has 8 heteroatoms. The van der Waals surface area contributed by atoms with E-state index in [1.54, 1.807) is 7.11 Å². The first kappa shape index (κ1) is 17.3. The van der Waals surface area contributed by atoms with E-state index in [9.17, 15) is 4.79 Å². The van der Waals surface area contributed by atoms with Gasteiger partial charge in [0.15, 0.2) is 11.5 Å². The number of hydrogen-bond donors (Lipinski definition) is 1. The van der Waals surface area contributed by atoms with Crippen LogP contribution in [0.25, 0.3) is 11.3 Å². The molecule has 3 heterocycles. The Morgan fingerprint density at radius 1 is 1.25 bits per heavy atom. The number of methoxy groups -OCH3 is 1. The second kappa shape index (κ2) is 6.68. The molecule has 0 unspecified atom stereocenters. The van der Waals surface area contributed by atoms with Crippen molar-refractivity contribution in [2.45, 2.75) is 12.3 Å². The number of halogens is 1. The minimum absolute atomic E-state index is 0.0513. The Balaban J connectivity index is 1.61. The van der Waals surface area contributed by atoms with Crippen molar-refractivity contribution in [1.29, 1.82) is 0 Å². The molecule has 0 aliphatic carbocycles. The van der Waals surface area contributed by atoms with Crippen molar-refractivity contribution in [1.82, 2.24) is 4.37 Å². The first-order valence-corrected chi connectivity index (χ1v) is 9.82. The van der Waals surface area contributed by atoms with Gasteiger partial charge in [0.25, 0.3) is 0 Å². The van der Waals surface area contributed by atoms with E-state index in [2.05, 4.69) is 9.69 Å². The summed E-state index contributed by atoms with van der Waals surface area (Å²) in [7, 11) is 1.59. The quantitative estimate of drug-likeness (QED) is 0.674. The lowest BCUT2D eigenvalue weighted by molar-refractivity contribution is -0.116. The van der Waals surface area contributed by atoms with Crippen molar-refractivity contribution in [2.75, 3.05) is 19.2 Å². The van der Waals surface area contributed by atoms with Gasteiger partial charge in [0.05, 0.1) is 17.7 Å². The van der Waals surface area contributed by atoms with Crippen molar-refractivity contribution >= 4 is 34.7 Å². The second-order valence-electron chi connectivity index (χ2n) is 6.54. The fourth-order valence-electron chi connectivity index (χ4n) is 3.56. The summed E-state index contributed by atoms with van der Waals surface area (Å²) < 4.78 is 21.1. The van der Waals surface area contributed by atoms with Gasteiger partial charge in [-0.3, -0.25) is 4.79 Å². The van der Waals surface area contributed by atoms with E-state index < -0.39 is 0 Å². The highest BCUT2D eigenvalue weighted by atomic mass is 35.5. The zero-order chi connectivity index (χ0) is 19.3. The smallest absolute Gasteiger partial charge is 0.231 e. The second-order valence-corrected chi connectivity index (χ2v) is 7.78. The number of carbonyl (C=O) groups excluding carboxylic acids is 1. The number of nitrogens with one attached hydrogen (secondary N) is 1. The minimum atomic E-state index is -0.134. The number of carbonyl (C=O) groups is 1. The summed E-state index contributed by atoms with van der Waals surface area (Å²) in [4.78, 5) is 13.5. The third-order valence-corrected chi connectivity index (χ3v) is 6.10. The summed E-state index contributed by atoms with van der Waals surface area (Å²) in [6.07, 6.45) is 0.331. The van der Waals surface area contributed by atoms with Crippen LogP contribution >= 0.6 is 23.1 Å². The van der Waals surface area contributed by atoms with Gasteiger partial charge < -0.3 is 19.5 Å². The van der Waals surface area contributed by atoms with Gasteiger partial charge in [-0.15, -0.1) is 0 Å². The molecule has 142 valence electrons. The molecule has 0 saturated heterocycles. The van der Waals surface area contributed by atoms with Gasteiger partial charge in [0, 0.05) is 22.9 Å². The maximum atomic E-state index is 12.5. The van der Waals surface area contributed by atoms with Gasteiger partial charge in [-0.25, -0.2) is 0 Å². The van der Waals surface area contributed by atoms with Crippen LogP contribution in [0.4, 0.5) is 5.69 Å².